The van der Waals surface area contributed by atoms with Gasteiger partial charge in [-0.1, -0.05) is 37.3 Å². The third kappa shape index (κ3) is 4.36. The maximum absolute atomic E-state index is 12.2. The second kappa shape index (κ2) is 8.11. The van der Waals surface area contributed by atoms with Gasteiger partial charge in [-0.3, -0.25) is 4.79 Å². The van der Waals surface area contributed by atoms with Crippen LogP contribution in [0.3, 0.4) is 0 Å². The monoisotopic (exact) mass is 350 g/mol. The van der Waals surface area contributed by atoms with Gasteiger partial charge in [0.25, 0.3) is 5.91 Å². The molecule has 26 heavy (non-hydrogen) atoms. The summed E-state index contributed by atoms with van der Waals surface area (Å²) in [6.45, 7) is 1.77. The Kier molecular flexibility index (Phi) is 5.43. The van der Waals surface area contributed by atoms with Gasteiger partial charge in [0.2, 0.25) is 5.89 Å². The second-order valence-corrected chi connectivity index (χ2v) is 5.54. The maximum Gasteiger partial charge on any atom is 0.331 e. The summed E-state index contributed by atoms with van der Waals surface area (Å²) in [5, 5.41) is 2.72. The van der Waals surface area contributed by atoms with E-state index in [-0.39, 0.29) is 5.91 Å². The number of ether oxygens (including phenoxy) is 1. The van der Waals surface area contributed by atoms with Crippen LogP contribution in [0.2, 0.25) is 0 Å². The molecule has 0 saturated carbocycles. The number of carbonyl (C=O) groups is 2. The Bertz CT molecular complexity index is 898. The van der Waals surface area contributed by atoms with E-state index in [1.165, 1.54) is 12.2 Å². The molecule has 0 fully saturated rings. The smallest absolute Gasteiger partial charge is 0.331 e. The molecule has 0 radical (unpaired) electrons. The minimum absolute atomic E-state index is 0.296. The molecule has 6 heteroatoms. The summed E-state index contributed by atoms with van der Waals surface area (Å²) in [5.74, 6) is -0.713. The molecule has 0 aliphatic heterocycles. The molecule has 1 N–H and O–H groups in total. The van der Waals surface area contributed by atoms with Crippen LogP contribution in [0.4, 0.5) is 5.69 Å². The van der Waals surface area contributed by atoms with Crippen LogP contribution in [0.5, 0.6) is 0 Å². The van der Waals surface area contributed by atoms with Crippen LogP contribution in [-0.4, -0.2) is 23.0 Å². The van der Waals surface area contributed by atoms with E-state index in [1.54, 1.807) is 25.1 Å². The van der Waals surface area contributed by atoms with Crippen LogP contribution in [0.25, 0.3) is 17.2 Å². The van der Waals surface area contributed by atoms with Crippen molar-refractivity contribution in [2.75, 3.05) is 5.32 Å². The molecule has 2 aromatic carbocycles. The van der Waals surface area contributed by atoms with Gasteiger partial charge >= 0.3 is 5.97 Å². The number of aromatic nitrogens is 1. The first-order chi connectivity index (χ1) is 12.7. The van der Waals surface area contributed by atoms with Crippen molar-refractivity contribution < 1.29 is 18.7 Å². The fraction of sp³-hybridized carbons (Fsp3) is 0.150. The number of carbonyl (C=O) groups excluding carboxylic acids is 2. The number of fused-ring (bicyclic) bond motifs is 1. The minimum Gasteiger partial charge on any atom is -0.449 e. The Morgan fingerprint density at radius 1 is 1.15 bits per heavy atom. The van der Waals surface area contributed by atoms with E-state index < -0.39 is 12.1 Å². The van der Waals surface area contributed by atoms with E-state index in [9.17, 15) is 9.59 Å². The first kappa shape index (κ1) is 17.4. The van der Waals surface area contributed by atoms with Crippen LogP contribution in [-0.2, 0) is 14.3 Å². The predicted octanol–water partition coefficient (Wildman–Crippen LogP) is 3.80. The van der Waals surface area contributed by atoms with Crippen molar-refractivity contribution in [3.63, 3.8) is 0 Å². The minimum atomic E-state index is -0.879. The standard InChI is InChI=1S/C20H18N2O4/c1-2-16(20(24)21-14-8-4-3-5-9-14)26-19(23)13-12-18-22-15-10-6-7-11-17(15)25-18/h3-13,16H,2H2,1H3,(H,21,24)/b13-12+. The first-order valence-corrected chi connectivity index (χ1v) is 8.26. The lowest BCUT2D eigenvalue weighted by molar-refractivity contribution is -0.149. The number of amides is 1. The average molecular weight is 350 g/mol. The van der Waals surface area contributed by atoms with Gasteiger partial charge in [-0.15, -0.1) is 0 Å². The molecule has 0 aliphatic rings. The molecule has 1 atom stereocenters. The van der Waals surface area contributed by atoms with Crippen LogP contribution in [0.15, 0.2) is 65.1 Å². The largest absolute Gasteiger partial charge is 0.449 e. The quantitative estimate of drug-likeness (QED) is 0.540. The lowest BCUT2D eigenvalue weighted by atomic mass is 10.2. The van der Waals surface area contributed by atoms with Gasteiger partial charge in [0.1, 0.15) is 5.52 Å². The highest BCUT2D eigenvalue weighted by atomic mass is 16.5. The van der Waals surface area contributed by atoms with E-state index in [0.29, 0.717) is 29.1 Å². The summed E-state index contributed by atoms with van der Waals surface area (Å²) >= 11 is 0. The molecule has 1 amide bonds. The number of oxazole rings is 1. The number of rotatable bonds is 6. The summed E-state index contributed by atoms with van der Waals surface area (Å²) in [4.78, 5) is 28.5. The maximum atomic E-state index is 12.2. The number of benzene rings is 2. The fourth-order valence-corrected chi connectivity index (χ4v) is 2.35. The summed E-state index contributed by atoms with van der Waals surface area (Å²) < 4.78 is 10.7. The molecule has 6 nitrogen and oxygen atoms in total. The summed E-state index contributed by atoms with van der Waals surface area (Å²) in [5.41, 5.74) is 1.98. The molecule has 1 heterocycles. The van der Waals surface area contributed by atoms with Crippen molar-refractivity contribution in [3.8, 4) is 0 Å². The Labute approximate surface area is 150 Å². The fourth-order valence-electron chi connectivity index (χ4n) is 2.35. The first-order valence-electron chi connectivity index (χ1n) is 8.26. The van der Waals surface area contributed by atoms with Crippen LogP contribution in [0.1, 0.15) is 19.2 Å². The van der Waals surface area contributed by atoms with E-state index >= 15 is 0 Å². The number of anilines is 1. The van der Waals surface area contributed by atoms with E-state index in [2.05, 4.69) is 10.3 Å². The average Bonchev–Trinajstić information content (AvgIpc) is 3.08. The zero-order valence-corrected chi connectivity index (χ0v) is 14.2. The number of hydrogen-bond donors (Lipinski definition) is 1. The van der Waals surface area contributed by atoms with Gasteiger partial charge in [-0.25, -0.2) is 9.78 Å². The zero-order chi connectivity index (χ0) is 18.4. The molecule has 3 rings (SSSR count). The van der Waals surface area contributed by atoms with E-state index in [0.717, 1.165) is 0 Å². The molecule has 1 aromatic heterocycles. The lowest BCUT2D eigenvalue weighted by Crippen LogP contribution is -2.31. The van der Waals surface area contributed by atoms with Crippen LogP contribution >= 0.6 is 0 Å². The Balaban J connectivity index is 1.60. The van der Waals surface area contributed by atoms with Gasteiger partial charge in [0.05, 0.1) is 0 Å². The van der Waals surface area contributed by atoms with Crippen molar-refractivity contribution in [2.24, 2.45) is 0 Å². The topological polar surface area (TPSA) is 81.4 Å². The van der Waals surface area contributed by atoms with Crippen molar-refractivity contribution in [1.82, 2.24) is 4.98 Å². The Morgan fingerprint density at radius 3 is 2.62 bits per heavy atom. The molecule has 0 saturated heterocycles. The number of para-hydroxylation sites is 3. The number of hydrogen-bond acceptors (Lipinski definition) is 5. The number of nitrogens with one attached hydrogen (secondary N) is 1. The van der Waals surface area contributed by atoms with Crippen LogP contribution in [0, 0.1) is 0 Å². The zero-order valence-electron chi connectivity index (χ0n) is 14.2. The van der Waals surface area contributed by atoms with Crippen molar-refractivity contribution in [1.29, 1.82) is 0 Å². The predicted molar refractivity (Wildman–Crippen MR) is 98.3 cm³/mol. The highest BCUT2D eigenvalue weighted by Crippen LogP contribution is 2.15. The van der Waals surface area contributed by atoms with Crippen LogP contribution < -0.4 is 5.32 Å². The second-order valence-electron chi connectivity index (χ2n) is 5.54. The third-order valence-electron chi connectivity index (χ3n) is 3.64. The van der Waals surface area contributed by atoms with Gasteiger partial charge in [0.15, 0.2) is 11.7 Å². The lowest BCUT2D eigenvalue weighted by Gasteiger charge is -2.14. The normalized spacial score (nSPS) is 12.2. The SMILES string of the molecule is CCC(OC(=O)/C=C/c1nc2ccccc2o1)C(=O)Nc1ccccc1. The Morgan fingerprint density at radius 2 is 1.88 bits per heavy atom. The number of nitrogens with zero attached hydrogens (tertiary/aromatic N) is 1. The summed E-state index contributed by atoms with van der Waals surface area (Å²) in [6.07, 6.45) is 2.10. The molecule has 0 bridgehead atoms. The van der Waals surface area contributed by atoms with Gasteiger partial charge in [-0.2, -0.15) is 0 Å². The molecular weight excluding hydrogens is 332 g/mol. The summed E-state index contributed by atoms with van der Waals surface area (Å²) in [6, 6.07) is 16.3. The third-order valence-corrected chi connectivity index (χ3v) is 3.64. The molecule has 3 aromatic rings. The van der Waals surface area contributed by atoms with E-state index in [1.807, 2.05) is 36.4 Å². The molecule has 1 unspecified atom stereocenters. The molecule has 0 spiro atoms. The number of esters is 1. The van der Waals surface area contributed by atoms with E-state index in [4.69, 9.17) is 9.15 Å². The van der Waals surface area contributed by atoms with Gasteiger partial charge in [0, 0.05) is 17.8 Å². The van der Waals surface area contributed by atoms with Gasteiger partial charge < -0.3 is 14.5 Å². The summed E-state index contributed by atoms with van der Waals surface area (Å²) in [7, 11) is 0. The highest BCUT2D eigenvalue weighted by molar-refractivity contribution is 5.96. The molecule has 0 aliphatic carbocycles. The molecule has 132 valence electrons. The Hall–Kier alpha value is -3.41. The molecular formula is C20H18N2O4. The highest BCUT2D eigenvalue weighted by Gasteiger charge is 2.20. The van der Waals surface area contributed by atoms with Crippen molar-refractivity contribution >= 4 is 34.7 Å². The van der Waals surface area contributed by atoms with Crippen molar-refractivity contribution in [3.05, 3.63) is 66.6 Å². The van der Waals surface area contributed by atoms with Crippen molar-refractivity contribution in [2.45, 2.75) is 19.4 Å². The van der Waals surface area contributed by atoms with Gasteiger partial charge in [-0.05, 0) is 30.7 Å².